The van der Waals surface area contributed by atoms with E-state index in [4.69, 9.17) is 11.6 Å². The fourth-order valence-corrected chi connectivity index (χ4v) is 4.21. The van der Waals surface area contributed by atoms with E-state index >= 15 is 0 Å². The van der Waals surface area contributed by atoms with E-state index in [-0.39, 0.29) is 30.3 Å². The SMILES string of the molecule is CN1C(=O)CC(NC2CCCc3sc(Cl)cc32)C1=O. The van der Waals surface area contributed by atoms with Crippen molar-refractivity contribution in [2.45, 2.75) is 37.8 Å². The first-order chi connectivity index (χ1) is 9.06. The van der Waals surface area contributed by atoms with Crippen molar-refractivity contribution >= 4 is 34.8 Å². The number of halogens is 1. The topological polar surface area (TPSA) is 49.4 Å². The minimum absolute atomic E-state index is 0.109. The van der Waals surface area contributed by atoms with Crippen LogP contribution in [0.3, 0.4) is 0 Å². The summed E-state index contributed by atoms with van der Waals surface area (Å²) < 4.78 is 0.796. The highest BCUT2D eigenvalue weighted by Gasteiger charge is 2.38. The number of thiophene rings is 1. The number of hydrogen-bond acceptors (Lipinski definition) is 4. The summed E-state index contributed by atoms with van der Waals surface area (Å²) in [5.41, 5.74) is 1.20. The summed E-state index contributed by atoms with van der Waals surface area (Å²) >= 11 is 7.69. The maximum Gasteiger partial charge on any atom is 0.246 e. The molecule has 1 saturated heterocycles. The van der Waals surface area contributed by atoms with Gasteiger partial charge >= 0.3 is 0 Å². The van der Waals surface area contributed by atoms with Gasteiger partial charge < -0.3 is 0 Å². The van der Waals surface area contributed by atoms with Crippen molar-refractivity contribution in [3.63, 3.8) is 0 Å². The molecule has 1 N–H and O–H groups in total. The minimum Gasteiger partial charge on any atom is -0.298 e. The molecule has 2 atom stereocenters. The number of carbonyl (C=O) groups excluding carboxylic acids is 2. The van der Waals surface area contributed by atoms with Crippen LogP contribution in [0.2, 0.25) is 4.34 Å². The van der Waals surface area contributed by atoms with Gasteiger partial charge in [0.2, 0.25) is 11.8 Å². The summed E-state index contributed by atoms with van der Waals surface area (Å²) in [5.74, 6) is -0.236. The van der Waals surface area contributed by atoms with Crippen LogP contribution in [-0.2, 0) is 16.0 Å². The molecule has 0 spiro atoms. The average Bonchev–Trinajstić information content (AvgIpc) is 2.86. The van der Waals surface area contributed by atoms with Crippen molar-refractivity contribution in [1.82, 2.24) is 10.2 Å². The highest BCUT2D eigenvalue weighted by atomic mass is 35.5. The van der Waals surface area contributed by atoms with Gasteiger partial charge in [0.1, 0.15) is 0 Å². The number of amides is 2. The van der Waals surface area contributed by atoms with Crippen LogP contribution in [0, 0.1) is 0 Å². The van der Waals surface area contributed by atoms with Crippen molar-refractivity contribution in [3.8, 4) is 0 Å². The van der Waals surface area contributed by atoms with Gasteiger partial charge in [0.25, 0.3) is 0 Å². The van der Waals surface area contributed by atoms with E-state index in [1.165, 1.54) is 15.3 Å². The Morgan fingerprint density at radius 1 is 1.42 bits per heavy atom. The third-order valence-electron chi connectivity index (χ3n) is 3.87. The summed E-state index contributed by atoms with van der Waals surface area (Å²) in [5, 5.41) is 3.33. The second-order valence-electron chi connectivity index (χ2n) is 5.09. The number of imide groups is 1. The van der Waals surface area contributed by atoms with E-state index in [0.29, 0.717) is 0 Å². The summed E-state index contributed by atoms with van der Waals surface area (Å²) in [6.07, 6.45) is 3.40. The number of nitrogens with one attached hydrogen (secondary N) is 1. The zero-order chi connectivity index (χ0) is 13.6. The lowest BCUT2D eigenvalue weighted by molar-refractivity contribution is -0.137. The molecule has 2 unspecified atom stereocenters. The number of nitrogens with zero attached hydrogens (tertiary/aromatic N) is 1. The molecule has 3 rings (SSSR count). The van der Waals surface area contributed by atoms with E-state index in [1.807, 2.05) is 6.07 Å². The Kier molecular flexibility index (Phi) is 3.37. The molecule has 0 bridgehead atoms. The van der Waals surface area contributed by atoms with E-state index in [9.17, 15) is 9.59 Å². The molecule has 19 heavy (non-hydrogen) atoms. The van der Waals surface area contributed by atoms with E-state index in [2.05, 4.69) is 5.32 Å². The summed E-state index contributed by atoms with van der Waals surface area (Å²) in [4.78, 5) is 26.0. The highest BCUT2D eigenvalue weighted by Crippen LogP contribution is 2.38. The van der Waals surface area contributed by atoms with Crippen LogP contribution < -0.4 is 5.32 Å². The number of likely N-dealkylation sites (tertiary alicyclic amines) is 1. The lowest BCUT2D eigenvalue weighted by Gasteiger charge is -2.25. The summed E-state index contributed by atoms with van der Waals surface area (Å²) in [6.45, 7) is 0. The Balaban J connectivity index is 1.78. The molecule has 4 nitrogen and oxygen atoms in total. The maximum absolute atomic E-state index is 11.9. The number of rotatable bonds is 2. The predicted molar refractivity (Wildman–Crippen MR) is 74.3 cm³/mol. The van der Waals surface area contributed by atoms with Crippen molar-refractivity contribution < 1.29 is 9.59 Å². The van der Waals surface area contributed by atoms with E-state index < -0.39 is 0 Å². The molecule has 6 heteroatoms. The lowest BCUT2D eigenvalue weighted by atomic mass is 9.93. The van der Waals surface area contributed by atoms with Gasteiger partial charge in [-0.15, -0.1) is 11.3 Å². The Bertz CT molecular complexity index is 543. The molecule has 2 aliphatic rings. The molecule has 1 aromatic heterocycles. The van der Waals surface area contributed by atoms with Gasteiger partial charge in [0.05, 0.1) is 16.8 Å². The first kappa shape index (κ1) is 13.1. The number of hydrogen-bond donors (Lipinski definition) is 1. The van der Waals surface area contributed by atoms with Crippen LogP contribution in [0.5, 0.6) is 0 Å². The number of likely N-dealkylation sites (N-methyl/N-ethyl adjacent to an activating group) is 1. The molecule has 1 aliphatic carbocycles. The van der Waals surface area contributed by atoms with Gasteiger partial charge in [0, 0.05) is 18.0 Å². The number of carbonyl (C=O) groups is 2. The second kappa shape index (κ2) is 4.89. The van der Waals surface area contributed by atoms with Crippen molar-refractivity contribution in [2.24, 2.45) is 0 Å². The largest absolute Gasteiger partial charge is 0.298 e. The van der Waals surface area contributed by atoms with Crippen molar-refractivity contribution in [2.75, 3.05) is 7.05 Å². The number of aryl methyl sites for hydroxylation is 1. The molecule has 2 amide bonds. The van der Waals surface area contributed by atoms with Crippen LogP contribution >= 0.6 is 22.9 Å². The second-order valence-corrected chi connectivity index (χ2v) is 6.86. The molecule has 0 aromatic carbocycles. The molecule has 1 fully saturated rings. The molecule has 0 saturated carbocycles. The van der Waals surface area contributed by atoms with Crippen LogP contribution in [0.15, 0.2) is 6.07 Å². The van der Waals surface area contributed by atoms with E-state index in [1.54, 1.807) is 18.4 Å². The zero-order valence-corrected chi connectivity index (χ0v) is 12.2. The molecule has 1 aromatic rings. The first-order valence-corrected chi connectivity index (χ1v) is 7.60. The molecule has 1 aliphatic heterocycles. The quantitative estimate of drug-likeness (QED) is 0.851. The van der Waals surface area contributed by atoms with Crippen LogP contribution in [-0.4, -0.2) is 29.8 Å². The Morgan fingerprint density at radius 3 is 2.89 bits per heavy atom. The Hall–Kier alpha value is -0.910. The van der Waals surface area contributed by atoms with Gasteiger partial charge in [-0.25, -0.2) is 0 Å². The maximum atomic E-state index is 11.9. The monoisotopic (exact) mass is 298 g/mol. The van der Waals surface area contributed by atoms with E-state index in [0.717, 1.165) is 23.6 Å². The summed E-state index contributed by atoms with van der Waals surface area (Å²) in [6, 6.07) is 1.75. The van der Waals surface area contributed by atoms with Crippen molar-refractivity contribution in [3.05, 3.63) is 20.8 Å². The zero-order valence-electron chi connectivity index (χ0n) is 10.6. The van der Waals surface area contributed by atoms with Gasteiger partial charge in [-0.3, -0.25) is 19.8 Å². The molecular weight excluding hydrogens is 284 g/mol. The molecule has 2 heterocycles. The average molecular weight is 299 g/mol. The van der Waals surface area contributed by atoms with Crippen molar-refractivity contribution in [1.29, 1.82) is 0 Å². The lowest BCUT2D eigenvalue weighted by Crippen LogP contribution is -2.40. The normalized spacial score (nSPS) is 26.9. The Labute approximate surface area is 120 Å². The van der Waals surface area contributed by atoms with Gasteiger partial charge in [-0.2, -0.15) is 0 Å². The fraction of sp³-hybridized carbons (Fsp3) is 0.538. The molecule has 102 valence electrons. The first-order valence-electron chi connectivity index (χ1n) is 6.41. The third kappa shape index (κ3) is 2.30. The predicted octanol–water partition coefficient (Wildman–Crippen LogP) is 2.13. The fourth-order valence-electron chi connectivity index (χ4n) is 2.82. The van der Waals surface area contributed by atoms with Gasteiger partial charge in [-0.1, -0.05) is 11.6 Å². The third-order valence-corrected chi connectivity index (χ3v) is 5.21. The standard InChI is InChI=1S/C13H15ClN2O2S/c1-16-12(17)6-9(13(16)18)15-8-3-2-4-10-7(8)5-11(14)19-10/h5,8-9,15H,2-4,6H2,1H3. The smallest absolute Gasteiger partial charge is 0.246 e. The van der Waals surface area contributed by atoms with Crippen LogP contribution in [0.4, 0.5) is 0 Å². The molecule has 0 radical (unpaired) electrons. The Morgan fingerprint density at radius 2 is 2.21 bits per heavy atom. The van der Waals surface area contributed by atoms with Crippen LogP contribution in [0.1, 0.15) is 35.7 Å². The van der Waals surface area contributed by atoms with Gasteiger partial charge in [0.15, 0.2) is 0 Å². The highest BCUT2D eigenvalue weighted by molar-refractivity contribution is 7.16. The van der Waals surface area contributed by atoms with Crippen LogP contribution in [0.25, 0.3) is 0 Å². The number of fused-ring (bicyclic) bond motifs is 1. The minimum atomic E-state index is -0.382. The molecular formula is C13H15ClN2O2S. The summed E-state index contributed by atoms with van der Waals surface area (Å²) in [7, 11) is 1.54. The van der Waals surface area contributed by atoms with Gasteiger partial charge in [-0.05, 0) is 30.9 Å².